The molecule has 2 aliphatic rings. The summed E-state index contributed by atoms with van der Waals surface area (Å²) in [6.45, 7) is 0.975. The zero-order chi connectivity index (χ0) is 18.9. The molecular formula is C19H26FN3O3. The van der Waals surface area contributed by atoms with Crippen molar-refractivity contribution in [1.29, 1.82) is 0 Å². The van der Waals surface area contributed by atoms with Gasteiger partial charge in [-0.1, -0.05) is 12.8 Å². The number of likely N-dealkylation sites (tertiary alicyclic amines) is 1. The number of hydrogen-bond donors (Lipinski definition) is 1. The highest BCUT2D eigenvalue weighted by Gasteiger charge is 2.52. The lowest BCUT2D eigenvalue weighted by atomic mass is 9.76. The van der Waals surface area contributed by atoms with Crippen molar-refractivity contribution >= 4 is 17.6 Å². The van der Waals surface area contributed by atoms with E-state index in [1.54, 1.807) is 30.0 Å². The fourth-order valence-corrected chi connectivity index (χ4v) is 4.31. The summed E-state index contributed by atoms with van der Waals surface area (Å²) in [5, 5.41) is 2.74. The second kappa shape index (κ2) is 7.13. The molecule has 1 aliphatic heterocycles. The van der Waals surface area contributed by atoms with Crippen LogP contribution in [0, 0.1) is 17.2 Å². The van der Waals surface area contributed by atoms with Crippen LogP contribution in [0.5, 0.6) is 5.75 Å². The van der Waals surface area contributed by atoms with Crippen molar-refractivity contribution in [1.82, 2.24) is 9.80 Å². The van der Waals surface area contributed by atoms with Gasteiger partial charge in [-0.15, -0.1) is 0 Å². The van der Waals surface area contributed by atoms with Gasteiger partial charge in [0.25, 0.3) is 0 Å². The van der Waals surface area contributed by atoms with Crippen LogP contribution in [-0.2, 0) is 4.79 Å². The lowest BCUT2D eigenvalue weighted by molar-refractivity contribution is -0.135. The third-order valence-corrected chi connectivity index (χ3v) is 5.68. The van der Waals surface area contributed by atoms with Gasteiger partial charge in [-0.25, -0.2) is 9.18 Å². The number of benzene rings is 1. The van der Waals surface area contributed by atoms with Gasteiger partial charge in [0, 0.05) is 44.4 Å². The average Bonchev–Trinajstić information content (AvgIpc) is 3.22. The van der Waals surface area contributed by atoms with Gasteiger partial charge in [0.2, 0.25) is 5.91 Å². The molecule has 26 heavy (non-hydrogen) atoms. The standard InChI is InChI=1S/C19H26FN3O3/c1-22(2)17(24)14-11-23(12-19(14)8-4-5-9-19)18(25)21-13-6-7-16(26-3)15(20)10-13/h6-7,10,14H,4-5,8-9,11-12H2,1-3H3,(H,21,25). The monoisotopic (exact) mass is 363 g/mol. The zero-order valence-electron chi connectivity index (χ0n) is 15.5. The Morgan fingerprint density at radius 2 is 2.00 bits per heavy atom. The predicted molar refractivity (Wildman–Crippen MR) is 96.6 cm³/mol. The van der Waals surface area contributed by atoms with Crippen LogP contribution < -0.4 is 10.1 Å². The Bertz CT molecular complexity index is 701. The number of hydrogen-bond acceptors (Lipinski definition) is 3. The number of carbonyl (C=O) groups is 2. The van der Waals surface area contributed by atoms with Gasteiger partial charge < -0.3 is 19.9 Å². The van der Waals surface area contributed by atoms with E-state index in [9.17, 15) is 14.0 Å². The number of carbonyl (C=O) groups excluding carboxylic acids is 2. The van der Waals surface area contributed by atoms with Crippen molar-refractivity contribution in [2.24, 2.45) is 11.3 Å². The molecule has 1 spiro atoms. The van der Waals surface area contributed by atoms with E-state index in [2.05, 4.69) is 5.32 Å². The van der Waals surface area contributed by atoms with Gasteiger partial charge in [0.05, 0.1) is 13.0 Å². The van der Waals surface area contributed by atoms with Gasteiger partial charge >= 0.3 is 6.03 Å². The highest BCUT2D eigenvalue weighted by atomic mass is 19.1. The molecule has 1 aliphatic carbocycles. The Hall–Kier alpha value is -2.31. The maximum absolute atomic E-state index is 13.8. The maximum Gasteiger partial charge on any atom is 0.321 e. The van der Waals surface area contributed by atoms with Crippen molar-refractivity contribution in [2.45, 2.75) is 25.7 Å². The lowest BCUT2D eigenvalue weighted by Gasteiger charge is -2.30. The SMILES string of the molecule is COc1ccc(NC(=O)N2CC(C(=O)N(C)C)C3(CCCC3)C2)cc1F. The summed E-state index contributed by atoms with van der Waals surface area (Å²) in [5.41, 5.74) is 0.250. The van der Waals surface area contributed by atoms with Crippen LogP contribution in [0.25, 0.3) is 0 Å². The molecule has 1 unspecified atom stereocenters. The van der Waals surface area contributed by atoms with Crippen LogP contribution in [0.2, 0.25) is 0 Å². The first-order valence-electron chi connectivity index (χ1n) is 8.97. The molecule has 1 heterocycles. The first kappa shape index (κ1) is 18.5. The Balaban J connectivity index is 1.74. The fourth-order valence-electron chi connectivity index (χ4n) is 4.31. The number of amides is 3. The normalized spacial score (nSPS) is 21.1. The topological polar surface area (TPSA) is 61.9 Å². The van der Waals surface area contributed by atoms with Gasteiger partial charge in [0.1, 0.15) is 0 Å². The fraction of sp³-hybridized carbons (Fsp3) is 0.579. The molecule has 0 radical (unpaired) electrons. The van der Waals surface area contributed by atoms with Crippen LogP contribution >= 0.6 is 0 Å². The molecule has 142 valence electrons. The largest absolute Gasteiger partial charge is 0.494 e. The third-order valence-electron chi connectivity index (χ3n) is 5.68. The van der Waals surface area contributed by atoms with Crippen molar-refractivity contribution in [3.8, 4) is 5.75 Å². The molecule has 2 fully saturated rings. The number of ether oxygens (including phenoxy) is 1. The van der Waals surface area contributed by atoms with Crippen molar-refractivity contribution in [2.75, 3.05) is 39.6 Å². The summed E-state index contributed by atoms with van der Waals surface area (Å²) in [5.74, 6) is -0.485. The van der Waals surface area contributed by atoms with E-state index in [0.29, 0.717) is 18.8 Å². The number of nitrogens with zero attached hydrogens (tertiary/aromatic N) is 2. The van der Waals surface area contributed by atoms with Gasteiger partial charge in [0.15, 0.2) is 11.6 Å². The minimum atomic E-state index is -0.528. The van der Waals surface area contributed by atoms with E-state index >= 15 is 0 Å². The van der Waals surface area contributed by atoms with Gasteiger partial charge in [-0.3, -0.25) is 4.79 Å². The number of halogens is 1. The van der Waals surface area contributed by atoms with Crippen LogP contribution in [0.4, 0.5) is 14.9 Å². The molecule has 3 amide bonds. The Morgan fingerprint density at radius 1 is 1.31 bits per heavy atom. The number of anilines is 1. The third kappa shape index (κ3) is 3.34. The van der Waals surface area contributed by atoms with E-state index in [1.807, 2.05) is 0 Å². The highest BCUT2D eigenvalue weighted by molar-refractivity contribution is 5.91. The van der Waals surface area contributed by atoms with Crippen LogP contribution in [0.1, 0.15) is 25.7 Å². The summed E-state index contributed by atoms with van der Waals surface area (Å²) in [4.78, 5) is 28.7. The van der Waals surface area contributed by atoms with Gasteiger partial charge in [-0.05, 0) is 25.0 Å². The van der Waals surface area contributed by atoms with Crippen LogP contribution in [0.3, 0.4) is 0 Å². The predicted octanol–water partition coefficient (Wildman–Crippen LogP) is 2.95. The van der Waals surface area contributed by atoms with E-state index in [1.165, 1.54) is 19.2 Å². The Kier molecular flexibility index (Phi) is 5.07. The molecule has 7 heteroatoms. The molecule has 1 aromatic rings. The summed E-state index contributed by atoms with van der Waals surface area (Å²) >= 11 is 0. The molecule has 0 aromatic heterocycles. The first-order chi connectivity index (χ1) is 12.4. The maximum atomic E-state index is 13.8. The van der Waals surface area contributed by atoms with Crippen molar-refractivity contribution < 1.29 is 18.7 Å². The van der Waals surface area contributed by atoms with E-state index in [0.717, 1.165) is 25.7 Å². The molecule has 1 N–H and O–H groups in total. The summed E-state index contributed by atoms with van der Waals surface area (Å²) in [7, 11) is 4.91. The van der Waals surface area contributed by atoms with Crippen LogP contribution in [-0.4, -0.2) is 56.0 Å². The first-order valence-corrected chi connectivity index (χ1v) is 8.97. The number of nitrogens with one attached hydrogen (secondary N) is 1. The number of methoxy groups -OCH3 is 1. The zero-order valence-corrected chi connectivity index (χ0v) is 15.5. The Labute approximate surface area is 153 Å². The molecule has 3 rings (SSSR count). The molecule has 0 bridgehead atoms. The molecule has 1 atom stereocenters. The van der Waals surface area contributed by atoms with E-state index < -0.39 is 5.82 Å². The molecule has 6 nitrogen and oxygen atoms in total. The lowest BCUT2D eigenvalue weighted by Crippen LogP contribution is -2.39. The number of rotatable bonds is 3. The van der Waals surface area contributed by atoms with E-state index in [4.69, 9.17) is 4.74 Å². The van der Waals surface area contributed by atoms with E-state index in [-0.39, 0.29) is 29.0 Å². The summed E-state index contributed by atoms with van der Waals surface area (Å²) in [6.07, 6.45) is 4.13. The molecule has 1 saturated carbocycles. The Morgan fingerprint density at radius 3 is 2.58 bits per heavy atom. The minimum Gasteiger partial charge on any atom is -0.494 e. The van der Waals surface area contributed by atoms with Crippen LogP contribution in [0.15, 0.2) is 18.2 Å². The second-order valence-electron chi connectivity index (χ2n) is 7.51. The minimum absolute atomic E-state index is 0.0812. The molecular weight excluding hydrogens is 337 g/mol. The quantitative estimate of drug-likeness (QED) is 0.898. The highest BCUT2D eigenvalue weighted by Crippen LogP contribution is 2.49. The second-order valence-corrected chi connectivity index (χ2v) is 7.51. The average molecular weight is 363 g/mol. The van der Waals surface area contributed by atoms with Gasteiger partial charge in [-0.2, -0.15) is 0 Å². The summed E-state index contributed by atoms with van der Waals surface area (Å²) < 4.78 is 18.7. The molecule has 1 aromatic carbocycles. The molecule has 1 saturated heterocycles. The van der Waals surface area contributed by atoms with Crippen molar-refractivity contribution in [3.63, 3.8) is 0 Å². The summed E-state index contributed by atoms with van der Waals surface area (Å²) in [6, 6.07) is 4.02. The smallest absolute Gasteiger partial charge is 0.321 e. The van der Waals surface area contributed by atoms with Crippen molar-refractivity contribution in [3.05, 3.63) is 24.0 Å². The number of urea groups is 1.